The fourth-order valence-corrected chi connectivity index (χ4v) is 3.79. The van der Waals surface area contributed by atoms with E-state index in [-0.39, 0.29) is 11.1 Å². The van der Waals surface area contributed by atoms with E-state index in [2.05, 4.69) is 15.6 Å². The molecule has 4 aromatic rings. The van der Waals surface area contributed by atoms with Crippen LogP contribution in [0.4, 0.5) is 11.6 Å². The molecule has 1 heterocycles. The lowest BCUT2D eigenvalue weighted by atomic mass is 9.99. The van der Waals surface area contributed by atoms with Crippen LogP contribution in [0.1, 0.15) is 26.3 Å². The van der Waals surface area contributed by atoms with Gasteiger partial charge in [0, 0.05) is 35.3 Å². The van der Waals surface area contributed by atoms with Gasteiger partial charge in [-0.1, -0.05) is 18.2 Å². The number of hydrogen-bond acceptors (Lipinski definition) is 7. The van der Waals surface area contributed by atoms with Crippen LogP contribution in [0.2, 0.25) is 0 Å². The van der Waals surface area contributed by atoms with E-state index in [9.17, 15) is 14.7 Å². The first-order valence-electron chi connectivity index (χ1n) is 10.7. The van der Waals surface area contributed by atoms with Crippen molar-refractivity contribution in [2.75, 3.05) is 31.9 Å². The number of nitrogens with one attached hydrogen (secondary N) is 2. The van der Waals surface area contributed by atoms with Crippen LogP contribution < -0.4 is 20.1 Å². The highest BCUT2D eigenvalue weighted by molar-refractivity contribution is 6.06. The minimum Gasteiger partial charge on any atom is -0.493 e. The van der Waals surface area contributed by atoms with Gasteiger partial charge in [-0.05, 0) is 42.8 Å². The number of carboxylic acids is 1. The summed E-state index contributed by atoms with van der Waals surface area (Å²) in [4.78, 5) is 33.4. The second-order valence-electron chi connectivity index (χ2n) is 7.69. The number of aromatic nitrogens is 2. The number of nitrogens with zero attached hydrogens (tertiary/aromatic N) is 2. The number of carbonyl (C=O) groups excluding carboxylic acids is 1. The molecule has 0 aliphatic heterocycles. The van der Waals surface area contributed by atoms with Crippen LogP contribution in [0.5, 0.6) is 11.5 Å². The van der Waals surface area contributed by atoms with Crippen molar-refractivity contribution in [2.24, 2.45) is 0 Å². The summed E-state index contributed by atoms with van der Waals surface area (Å²) in [6.45, 7) is 1.88. The topological polar surface area (TPSA) is 123 Å². The monoisotopic (exact) mass is 472 g/mol. The summed E-state index contributed by atoms with van der Waals surface area (Å²) in [6.07, 6.45) is 0. The van der Waals surface area contributed by atoms with Crippen LogP contribution >= 0.6 is 0 Å². The van der Waals surface area contributed by atoms with E-state index >= 15 is 0 Å². The molecule has 3 aromatic carbocycles. The summed E-state index contributed by atoms with van der Waals surface area (Å²) >= 11 is 0. The summed E-state index contributed by atoms with van der Waals surface area (Å²) in [7, 11) is 4.86. The normalized spacial score (nSPS) is 10.6. The molecule has 9 heteroatoms. The Kier molecular flexibility index (Phi) is 6.50. The van der Waals surface area contributed by atoms with Crippen LogP contribution in [-0.2, 0) is 0 Å². The third-order valence-corrected chi connectivity index (χ3v) is 5.63. The van der Waals surface area contributed by atoms with Crippen LogP contribution in [-0.4, -0.2) is 48.2 Å². The molecule has 1 amide bonds. The molecule has 1 aromatic heterocycles. The maximum absolute atomic E-state index is 12.9. The van der Waals surface area contributed by atoms with Gasteiger partial charge < -0.3 is 25.2 Å². The van der Waals surface area contributed by atoms with Crippen LogP contribution in [0.15, 0.2) is 54.6 Å². The van der Waals surface area contributed by atoms with E-state index in [1.165, 1.54) is 18.2 Å². The highest BCUT2D eigenvalue weighted by Crippen LogP contribution is 2.38. The Labute approximate surface area is 201 Å². The molecule has 4 rings (SSSR count). The Hall–Kier alpha value is -4.66. The SMILES string of the molecule is CNc1nc(-c2cccc(NC(=O)c3cccc(C(=O)O)c3)c2C)c2cc(OC)c(OC)cc2n1. The predicted octanol–water partition coefficient (Wildman–Crippen LogP) is 4.61. The fourth-order valence-electron chi connectivity index (χ4n) is 3.79. The van der Waals surface area contributed by atoms with Gasteiger partial charge in [-0.25, -0.2) is 14.8 Å². The number of aromatic carboxylic acids is 1. The summed E-state index contributed by atoms with van der Waals surface area (Å²) < 4.78 is 10.9. The van der Waals surface area contributed by atoms with Gasteiger partial charge in [-0.2, -0.15) is 0 Å². The van der Waals surface area contributed by atoms with Gasteiger partial charge in [0.1, 0.15) is 0 Å². The van der Waals surface area contributed by atoms with E-state index in [1.54, 1.807) is 39.5 Å². The van der Waals surface area contributed by atoms with Gasteiger partial charge >= 0.3 is 5.97 Å². The molecule has 0 atom stereocenters. The van der Waals surface area contributed by atoms with Gasteiger partial charge in [-0.15, -0.1) is 0 Å². The molecule has 3 N–H and O–H groups in total. The quantitative estimate of drug-likeness (QED) is 0.356. The zero-order valence-electron chi connectivity index (χ0n) is 19.7. The van der Waals surface area contributed by atoms with E-state index in [0.29, 0.717) is 34.3 Å². The third kappa shape index (κ3) is 4.56. The fraction of sp³-hybridized carbons (Fsp3) is 0.154. The van der Waals surface area contributed by atoms with Crippen molar-refractivity contribution < 1.29 is 24.2 Å². The predicted molar refractivity (Wildman–Crippen MR) is 134 cm³/mol. The number of amides is 1. The average molecular weight is 473 g/mol. The van der Waals surface area contributed by atoms with E-state index in [4.69, 9.17) is 14.5 Å². The molecule has 0 spiro atoms. The number of hydrogen-bond donors (Lipinski definition) is 3. The summed E-state index contributed by atoms with van der Waals surface area (Å²) in [5.41, 5.74) is 3.76. The molecular formula is C26H24N4O5. The number of ether oxygens (including phenoxy) is 2. The molecule has 0 saturated heterocycles. The van der Waals surface area contributed by atoms with Crippen molar-refractivity contribution >= 4 is 34.4 Å². The number of carbonyl (C=O) groups is 2. The molecule has 0 fully saturated rings. The van der Waals surface area contributed by atoms with Gasteiger partial charge in [0.15, 0.2) is 11.5 Å². The van der Waals surface area contributed by atoms with Gasteiger partial charge in [-0.3, -0.25) is 4.79 Å². The number of benzene rings is 3. The summed E-state index contributed by atoms with van der Waals surface area (Å²) in [5, 5.41) is 15.8. The number of fused-ring (bicyclic) bond motifs is 1. The zero-order valence-corrected chi connectivity index (χ0v) is 19.7. The van der Waals surface area contributed by atoms with Crippen molar-refractivity contribution in [2.45, 2.75) is 6.92 Å². The number of rotatable bonds is 7. The Morgan fingerprint density at radius 2 is 1.60 bits per heavy atom. The molecule has 178 valence electrons. The molecule has 0 unspecified atom stereocenters. The van der Waals surface area contributed by atoms with E-state index in [1.807, 2.05) is 25.1 Å². The van der Waals surface area contributed by atoms with Crippen molar-refractivity contribution in [3.8, 4) is 22.8 Å². The van der Waals surface area contributed by atoms with E-state index in [0.717, 1.165) is 16.5 Å². The summed E-state index contributed by atoms with van der Waals surface area (Å²) in [5.74, 6) is 0.0126. The zero-order chi connectivity index (χ0) is 25.1. The average Bonchev–Trinajstić information content (AvgIpc) is 2.88. The smallest absolute Gasteiger partial charge is 0.335 e. The molecule has 0 aliphatic rings. The maximum Gasteiger partial charge on any atom is 0.335 e. The Bertz CT molecular complexity index is 1450. The first-order valence-corrected chi connectivity index (χ1v) is 10.7. The highest BCUT2D eigenvalue weighted by atomic mass is 16.5. The largest absolute Gasteiger partial charge is 0.493 e. The van der Waals surface area contributed by atoms with Crippen molar-refractivity contribution in [1.82, 2.24) is 9.97 Å². The number of carboxylic acid groups (broad SMARTS) is 1. The Balaban J connectivity index is 1.80. The standard InChI is InChI=1S/C26H24N4O5/c1-14-17(9-6-10-19(14)28-24(31)15-7-5-8-16(11-15)25(32)33)23-18-12-21(34-3)22(35-4)13-20(18)29-26(27-2)30-23/h5-13H,1-4H3,(H,28,31)(H,32,33)(H,27,29,30). The van der Waals surface area contributed by atoms with Crippen molar-refractivity contribution in [3.05, 3.63) is 71.3 Å². The number of anilines is 2. The maximum atomic E-state index is 12.9. The third-order valence-electron chi connectivity index (χ3n) is 5.63. The Morgan fingerprint density at radius 3 is 2.29 bits per heavy atom. The second-order valence-corrected chi connectivity index (χ2v) is 7.69. The molecule has 35 heavy (non-hydrogen) atoms. The van der Waals surface area contributed by atoms with Crippen molar-refractivity contribution in [1.29, 1.82) is 0 Å². The van der Waals surface area contributed by atoms with Gasteiger partial charge in [0.25, 0.3) is 5.91 Å². The van der Waals surface area contributed by atoms with Crippen LogP contribution in [0, 0.1) is 6.92 Å². The molecule has 0 radical (unpaired) electrons. The summed E-state index contributed by atoms with van der Waals surface area (Å²) in [6, 6.07) is 15.0. The van der Waals surface area contributed by atoms with Crippen LogP contribution in [0.3, 0.4) is 0 Å². The molecule has 0 saturated carbocycles. The van der Waals surface area contributed by atoms with Crippen LogP contribution in [0.25, 0.3) is 22.2 Å². The van der Waals surface area contributed by atoms with Gasteiger partial charge in [0.2, 0.25) is 5.95 Å². The minimum absolute atomic E-state index is 0.0412. The number of methoxy groups -OCH3 is 2. The minimum atomic E-state index is -1.10. The lowest BCUT2D eigenvalue weighted by Crippen LogP contribution is -2.14. The van der Waals surface area contributed by atoms with Gasteiger partial charge in [0.05, 0.1) is 31.0 Å². The lowest BCUT2D eigenvalue weighted by Gasteiger charge is -2.16. The molecule has 9 nitrogen and oxygen atoms in total. The lowest BCUT2D eigenvalue weighted by molar-refractivity contribution is 0.0697. The second kappa shape index (κ2) is 9.68. The molecule has 0 aliphatic carbocycles. The van der Waals surface area contributed by atoms with Crippen molar-refractivity contribution in [3.63, 3.8) is 0 Å². The van der Waals surface area contributed by atoms with E-state index < -0.39 is 11.9 Å². The molecular weight excluding hydrogens is 448 g/mol. The first-order chi connectivity index (χ1) is 16.9. The first kappa shape index (κ1) is 23.5. The highest BCUT2D eigenvalue weighted by Gasteiger charge is 2.18. The molecule has 0 bridgehead atoms. The Morgan fingerprint density at radius 1 is 0.914 bits per heavy atom.